The summed E-state index contributed by atoms with van der Waals surface area (Å²) in [7, 11) is 1.21. The van der Waals surface area contributed by atoms with Gasteiger partial charge in [-0.15, -0.1) is 0 Å². The first-order valence-corrected chi connectivity index (χ1v) is 9.01. The summed E-state index contributed by atoms with van der Waals surface area (Å²) >= 11 is 7.29. The number of rotatable bonds is 3. The lowest BCUT2D eigenvalue weighted by atomic mass is 10.1. The second-order valence-electron chi connectivity index (χ2n) is 5.63. The maximum atomic E-state index is 12.9. The summed E-state index contributed by atoms with van der Waals surface area (Å²) in [6.45, 7) is -0.255. The van der Waals surface area contributed by atoms with Crippen LogP contribution in [0.25, 0.3) is 10.2 Å². The number of para-hydroxylation sites is 1. The van der Waals surface area contributed by atoms with Gasteiger partial charge in [-0.3, -0.25) is 9.59 Å². The van der Waals surface area contributed by atoms with E-state index in [1.54, 1.807) is 18.2 Å². The maximum Gasteiger partial charge on any atom is 0.416 e. The van der Waals surface area contributed by atoms with Crippen molar-refractivity contribution in [2.45, 2.75) is 12.7 Å². The van der Waals surface area contributed by atoms with Gasteiger partial charge in [-0.1, -0.05) is 35.1 Å². The molecule has 10 heteroatoms. The van der Waals surface area contributed by atoms with Crippen molar-refractivity contribution in [2.75, 3.05) is 7.11 Å². The quantitative estimate of drug-likeness (QED) is 0.585. The molecular formula is C18H12ClF3N2O3S. The van der Waals surface area contributed by atoms with Crippen molar-refractivity contribution in [1.82, 2.24) is 4.57 Å². The van der Waals surface area contributed by atoms with E-state index in [1.165, 1.54) is 17.7 Å². The number of amides is 1. The highest BCUT2D eigenvalue weighted by molar-refractivity contribution is 7.16. The van der Waals surface area contributed by atoms with E-state index in [4.69, 9.17) is 11.6 Å². The smallest absolute Gasteiger partial charge is 0.416 e. The van der Waals surface area contributed by atoms with Crippen molar-refractivity contribution in [3.63, 3.8) is 0 Å². The van der Waals surface area contributed by atoms with Gasteiger partial charge in [0.2, 0.25) is 0 Å². The number of methoxy groups -OCH3 is 1. The number of hydrogen-bond donors (Lipinski definition) is 0. The number of aromatic nitrogens is 1. The van der Waals surface area contributed by atoms with Crippen LogP contribution in [0.15, 0.2) is 47.5 Å². The zero-order chi connectivity index (χ0) is 20.5. The number of nitrogens with zero attached hydrogens (tertiary/aromatic N) is 2. The van der Waals surface area contributed by atoms with E-state index in [9.17, 15) is 22.8 Å². The Hall–Kier alpha value is -2.65. The van der Waals surface area contributed by atoms with E-state index < -0.39 is 23.6 Å². The van der Waals surface area contributed by atoms with E-state index in [0.717, 1.165) is 29.5 Å². The van der Waals surface area contributed by atoms with Crippen LogP contribution in [0, 0.1) is 0 Å². The van der Waals surface area contributed by atoms with Gasteiger partial charge in [0.15, 0.2) is 4.80 Å². The number of hydrogen-bond acceptors (Lipinski definition) is 4. The molecule has 28 heavy (non-hydrogen) atoms. The van der Waals surface area contributed by atoms with Crippen molar-refractivity contribution >= 4 is 45.0 Å². The minimum atomic E-state index is -4.58. The summed E-state index contributed by atoms with van der Waals surface area (Å²) in [5.74, 6) is -1.46. The summed E-state index contributed by atoms with van der Waals surface area (Å²) in [5, 5.41) is 0.339. The first-order valence-electron chi connectivity index (χ1n) is 7.81. The van der Waals surface area contributed by atoms with Gasteiger partial charge < -0.3 is 9.30 Å². The SMILES string of the molecule is COC(=O)Cn1c(=NC(=O)c2cccc(C(F)(F)F)c2)sc2cccc(Cl)c21. The summed E-state index contributed by atoms with van der Waals surface area (Å²) in [5.41, 5.74) is -0.687. The molecule has 0 aliphatic rings. The fourth-order valence-corrected chi connectivity index (χ4v) is 3.88. The zero-order valence-corrected chi connectivity index (χ0v) is 15.9. The minimum Gasteiger partial charge on any atom is -0.468 e. The Morgan fingerprint density at radius 1 is 1.21 bits per heavy atom. The monoisotopic (exact) mass is 428 g/mol. The molecule has 3 rings (SSSR count). The average molecular weight is 429 g/mol. The first-order chi connectivity index (χ1) is 13.2. The van der Waals surface area contributed by atoms with E-state index in [1.807, 2.05) is 0 Å². The normalized spacial score (nSPS) is 12.4. The molecule has 0 saturated heterocycles. The summed E-state index contributed by atoms with van der Waals surface area (Å²) in [6.07, 6.45) is -4.58. The highest BCUT2D eigenvalue weighted by atomic mass is 35.5. The lowest BCUT2D eigenvalue weighted by Crippen LogP contribution is -2.22. The van der Waals surface area contributed by atoms with Crippen LogP contribution in [0.2, 0.25) is 5.02 Å². The van der Waals surface area contributed by atoms with Crippen molar-refractivity contribution in [3.05, 3.63) is 63.4 Å². The molecule has 2 aromatic carbocycles. The van der Waals surface area contributed by atoms with Crippen molar-refractivity contribution in [1.29, 1.82) is 0 Å². The highest BCUT2D eigenvalue weighted by Crippen LogP contribution is 2.30. The molecular weight excluding hydrogens is 417 g/mol. The van der Waals surface area contributed by atoms with Gasteiger partial charge in [-0.25, -0.2) is 0 Å². The molecule has 0 atom stereocenters. The van der Waals surface area contributed by atoms with Crippen LogP contribution in [-0.2, 0) is 22.3 Å². The molecule has 0 spiro atoms. The van der Waals surface area contributed by atoms with E-state index in [-0.39, 0.29) is 16.9 Å². The Bertz CT molecular complexity index is 1140. The number of halogens is 4. The number of ether oxygens (including phenoxy) is 1. The Kier molecular flexibility index (Phi) is 5.57. The topological polar surface area (TPSA) is 60.7 Å². The zero-order valence-electron chi connectivity index (χ0n) is 14.3. The Morgan fingerprint density at radius 3 is 2.61 bits per heavy atom. The second-order valence-corrected chi connectivity index (χ2v) is 7.05. The molecule has 0 radical (unpaired) electrons. The third kappa shape index (κ3) is 4.10. The van der Waals surface area contributed by atoms with Gasteiger partial charge in [0.25, 0.3) is 5.91 Å². The molecule has 146 valence electrons. The van der Waals surface area contributed by atoms with Gasteiger partial charge >= 0.3 is 12.1 Å². The minimum absolute atomic E-state index is 0.121. The Morgan fingerprint density at radius 2 is 1.93 bits per heavy atom. The summed E-state index contributed by atoms with van der Waals surface area (Å²) < 4.78 is 45.4. The van der Waals surface area contributed by atoms with Crippen LogP contribution in [0.3, 0.4) is 0 Å². The highest BCUT2D eigenvalue weighted by Gasteiger charge is 2.30. The van der Waals surface area contributed by atoms with Gasteiger partial charge in [-0.05, 0) is 30.3 Å². The number of carbonyl (C=O) groups excluding carboxylic acids is 2. The summed E-state index contributed by atoms with van der Waals surface area (Å²) in [4.78, 5) is 28.3. The number of fused-ring (bicyclic) bond motifs is 1. The largest absolute Gasteiger partial charge is 0.468 e. The van der Waals surface area contributed by atoms with Crippen LogP contribution in [0.5, 0.6) is 0 Å². The van der Waals surface area contributed by atoms with Gasteiger partial charge in [-0.2, -0.15) is 18.2 Å². The Labute approximate surface area is 165 Å². The number of esters is 1. The lowest BCUT2D eigenvalue weighted by molar-refractivity contribution is -0.141. The predicted molar refractivity (Wildman–Crippen MR) is 98.2 cm³/mol. The molecule has 1 aromatic heterocycles. The molecule has 0 aliphatic heterocycles. The number of thiazole rings is 1. The third-order valence-electron chi connectivity index (χ3n) is 3.80. The standard InChI is InChI=1S/C18H12ClF3N2O3S/c1-27-14(25)9-24-15-12(19)6-3-7-13(15)28-17(24)23-16(26)10-4-2-5-11(8-10)18(20,21)22/h2-8H,9H2,1H3. The lowest BCUT2D eigenvalue weighted by Gasteiger charge is -2.07. The molecule has 0 fully saturated rings. The van der Waals surface area contributed by atoms with Gasteiger partial charge in [0.1, 0.15) is 6.54 Å². The Balaban J connectivity index is 2.13. The van der Waals surface area contributed by atoms with Crippen LogP contribution in [-0.4, -0.2) is 23.6 Å². The van der Waals surface area contributed by atoms with E-state index in [0.29, 0.717) is 15.2 Å². The van der Waals surface area contributed by atoms with Crippen LogP contribution >= 0.6 is 22.9 Å². The van der Waals surface area contributed by atoms with Gasteiger partial charge in [0, 0.05) is 5.56 Å². The van der Waals surface area contributed by atoms with E-state index in [2.05, 4.69) is 9.73 Å². The van der Waals surface area contributed by atoms with Crippen molar-refractivity contribution < 1.29 is 27.5 Å². The van der Waals surface area contributed by atoms with Crippen LogP contribution < -0.4 is 4.80 Å². The van der Waals surface area contributed by atoms with Gasteiger partial charge in [0.05, 0.1) is 27.9 Å². The molecule has 1 amide bonds. The maximum absolute atomic E-state index is 12.9. The molecule has 0 unspecified atom stereocenters. The molecule has 5 nitrogen and oxygen atoms in total. The molecule has 0 aliphatic carbocycles. The summed E-state index contributed by atoms with van der Waals surface area (Å²) in [6, 6.07) is 9.02. The molecule has 0 saturated carbocycles. The second kappa shape index (κ2) is 7.76. The molecule has 3 aromatic rings. The average Bonchev–Trinajstić information content (AvgIpc) is 2.99. The van der Waals surface area contributed by atoms with Crippen LogP contribution in [0.1, 0.15) is 15.9 Å². The van der Waals surface area contributed by atoms with Crippen molar-refractivity contribution in [2.24, 2.45) is 4.99 Å². The molecule has 1 heterocycles. The fraction of sp³-hybridized carbons (Fsp3) is 0.167. The van der Waals surface area contributed by atoms with E-state index >= 15 is 0 Å². The molecule has 0 bridgehead atoms. The fourth-order valence-electron chi connectivity index (χ4n) is 2.49. The first kappa shape index (κ1) is 20.1. The van der Waals surface area contributed by atoms with Crippen molar-refractivity contribution in [3.8, 4) is 0 Å². The number of benzene rings is 2. The third-order valence-corrected chi connectivity index (χ3v) is 5.15. The molecule has 0 N–H and O–H groups in total. The predicted octanol–water partition coefficient (Wildman–Crippen LogP) is 4.29. The van der Waals surface area contributed by atoms with Crippen LogP contribution in [0.4, 0.5) is 13.2 Å². The number of carbonyl (C=O) groups is 2. The number of alkyl halides is 3.